The maximum atomic E-state index is 13.6. The summed E-state index contributed by atoms with van der Waals surface area (Å²) in [5.74, 6) is 13.2. The lowest BCUT2D eigenvalue weighted by atomic mass is 9.90. The minimum atomic E-state index is -0.265. The van der Waals surface area contributed by atoms with Gasteiger partial charge in [0, 0.05) is 85.6 Å². The molecular formula is C54H49N7O3. The summed E-state index contributed by atoms with van der Waals surface area (Å²) in [5.41, 5.74) is 9.38. The van der Waals surface area contributed by atoms with Gasteiger partial charge in [-0.25, -0.2) is 9.97 Å². The van der Waals surface area contributed by atoms with E-state index in [-0.39, 0.29) is 23.6 Å². The number of nitrogens with one attached hydrogen (secondary N) is 1. The van der Waals surface area contributed by atoms with Crippen molar-refractivity contribution in [1.82, 2.24) is 35.0 Å². The highest BCUT2D eigenvalue weighted by Crippen LogP contribution is 2.26. The Hall–Kier alpha value is -7.24. The predicted molar refractivity (Wildman–Crippen MR) is 250 cm³/mol. The van der Waals surface area contributed by atoms with Gasteiger partial charge < -0.3 is 9.80 Å². The molecule has 1 atom stereocenters. The van der Waals surface area contributed by atoms with E-state index in [0.717, 1.165) is 114 Å². The van der Waals surface area contributed by atoms with Crippen LogP contribution >= 0.6 is 0 Å². The Morgan fingerprint density at radius 1 is 0.750 bits per heavy atom. The number of imide groups is 1. The van der Waals surface area contributed by atoms with Crippen LogP contribution in [0.3, 0.4) is 0 Å². The monoisotopic (exact) mass is 843 g/mol. The van der Waals surface area contributed by atoms with Crippen molar-refractivity contribution in [3.63, 3.8) is 0 Å². The van der Waals surface area contributed by atoms with Gasteiger partial charge in [0.2, 0.25) is 11.8 Å². The Labute approximate surface area is 374 Å². The first-order valence-corrected chi connectivity index (χ1v) is 22.1. The van der Waals surface area contributed by atoms with Gasteiger partial charge in [0.1, 0.15) is 0 Å². The minimum absolute atomic E-state index is 0.00235. The predicted octanol–water partition coefficient (Wildman–Crippen LogP) is 7.38. The van der Waals surface area contributed by atoms with E-state index in [0.29, 0.717) is 37.3 Å². The van der Waals surface area contributed by atoms with Crippen molar-refractivity contribution in [2.45, 2.75) is 44.6 Å². The van der Waals surface area contributed by atoms with E-state index >= 15 is 0 Å². The Bertz CT molecular complexity index is 2820. The second-order valence-electron chi connectivity index (χ2n) is 16.6. The standard InChI is InChI=1S/C54H49N7O3/c62-51-26-25-48(53(63)58-51)43-21-17-39(18-22-43)7-2-1-5-28-59-31-33-60(34-32-59)29-6-8-40-11-13-41(14-12-40)15-16-42-19-23-44(24-20-42)54(64)61-30-27-46-36-56-52(57-50(46)38-61)47-35-45-9-3-4-10-49(45)55-37-47/h3-4,9-24,35-37,48H,1,5,25-34,38H2,(H,58,62,63)/b16-15+. The van der Waals surface area contributed by atoms with Crippen molar-refractivity contribution in [3.8, 4) is 35.1 Å². The number of carbonyl (C=O) groups is 3. The normalized spacial score (nSPS) is 16.7. The lowest BCUT2D eigenvalue weighted by molar-refractivity contribution is -0.134. The maximum Gasteiger partial charge on any atom is 0.254 e. The van der Waals surface area contributed by atoms with Crippen LogP contribution in [0.15, 0.2) is 116 Å². The molecule has 2 aromatic heterocycles. The molecule has 1 unspecified atom stereocenters. The van der Waals surface area contributed by atoms with E-state index in [2.05, 4.69) is 91.3 Å². The zero-order valence-corrected chi connectivity index (χ0v) is 35.8. The fourth-order valence-corrected chi connectivity index (χ4v) is 8.39. The largest absolute Gasteiger partial charge is 0.332 e. The topological polar surface area (TPSA) is 112 Å². The van der Waals surface area contributed by atoms with Crippen molar-refractivity contribution in [1.29, 1.82) is 0 Å². The molecule has 64 heavy (non-hydrogen) atoms. The molecule has 0 aliphatic carbocycles. The van der Waals surface area contributed by atoms with Crippen LogP contribution in [-0.4, -0.2) is 93.2 Å². The summed E-state index contributed by atoms with van der Waals surface area (Å²) in [7, 11) is 0. The molecule has 10 nitrogen and oxygen atoms in total. The molecule has 10 heteroatoms. The van der Waals surface area contributed by atoms with Crippen LogP contribution in [0, 0.1) is 23.7 Å². The number of para-hydroxylation sites is 1. The van der Waals surface area contributed by atoms with Gasteiger partial charge in [-0.15, -0.1) is 0 Å². The molecular weight excluding hydrogens is 795 g/mol. The fourth-order valence-electron chi connectivity index (χ4n) is 8.39. The molecule has 9 rings (SSSR count). The molecule has 3 aliphatic heterocycles. The molecule has 4 aromatic carbocycles. The molecule has 1 N–H and O–H groups in total. The Kier molecular flexibility index (Phi) is 13.1. The van der Waals surface area contributed by atoms with Crippen LogP contribution in [0.4, 0.5) is 0 Å². The molecule has 0 spiro atoms. The van der Waals surface area contributed by atoms with Crippen LogP contribution in [-0.2, 0) is 22.6 Å². The van der Waals surface area contributed by atoms with Crippen molar-refractivity contribution in [2.24, 2.45) is 0 Å². The molecule has 318 valence electrons. The number of benzene rings is 4. The average molecular weight is 844 g/mol. The smallest absolute Gasteiger partial charge is 0.254 e. The van der Waals surface area contributed by atoms with Crippen LogP contribution < -0.4 is 5.32 Å². The number of piperazine rings is 1. The highest BCUT2D eigenvalue weighted by molar-refractivity contribution is 6.01. The van der Waals surface area contributed by atoms with Gasteiger partial charge in [-0.3, -0.25) is 29.6 Å². The molecule has 0 saturated carbocycles. The Morgan fingerprint density at radius 3 is 2.22 bits per heavy atom. The molecule has 6 aromatic rings. The Morgan fingerprint density at radius 2 is 1.45 bits per heavy atom. The van der Waals surface area contributed by atoms with Gasteiger partial charge in [-0.05, 0) is 96.6 Å². The van der Waals surface area contributed by atoms with Crippen LogP contribution in [0.25, 0.3) is 34.4 Å². The van der Waals surface area contributed by atoms with E-state index in [9.17, 15) is 14.4 Å². The number of pyridine rings is 1. The number of aromatic nitrogens is 3. The van der Waals surface area contributed by atoms with E-state index in [1.165, 1.54) is 0 Å². The van der Waals surface area contributed by atoms with Gasteiger partial charge in [-0.1, -0.05) is 90.4 Å². The number of piperidine rings is 1. The zero-order valence-electron chi connectivity index (χ0n) is 35.8. The zero-order chi connectivity index (χ0) is 43.7. The lowest BCUT2D eigenvalue weighted by Gasteiger charge is -2.33. The van der Waals surface area contributed by atoms with E-state index < -0.39 is 0 Å². The molecule has 3 aliphatic rings. The van der Waals surface area contributed by atoms with Gasteiger partial charge in [0.15, 0.2) is 5.82 Å². The number of hydrogen-bond donors (Lipinski definition) is 1. The Balaban J connectivity index is 0.685. The van der Waals surface area contributed by atoms with Crippen LogP contribution in [0.1, 0.15) is 81.0 Å². The highest BCUT2D eigenvalue weighted by Gasteiger charge is 2.28. The number of nitrogens with zero attached hydrogens (tertiary/aromatic N) is 6. The third-order valence-corrected chi connectivity index (χ3v) is 12.2. The van der Waals surface area contributed by atoms with Gasteiger partial charge in [-0.2, -0.15) is 0 Å². The van der Waals surface area contributed by atoms with Crippen LogP contribution in [0.5, 0.6) is 0 Å². The highest BCUT2D eigenvalue weighted by atomic mass is 16.2. The van der Waals surface area contributed by atoms with E-state index in [4.69, 9.17) is 4.98 Å². The molecule has 2 saturated heterocycles. The summed E-state index contributed by atoms with van der Waals surface area (Å²) in [6.07, 6.45) is 11.4. The summed E-state index contributed by atoms with van der Waals surface area (Å²) in [6, 6.07) is 33.9. The summed E-state index contributed by atoms with van der Waals surface area (Å²) in [5, 5.41) is 3.47. The summed E-state index contributed by atoms with van der Waals surface area (Å²) < 4.78 is 0. The van der Waals surface area contributed by atoms with Gasteiger partial charge in [0.05, 0.1) is 30.2 Å². The van der Waals surface area contributed by atoms with Crippen molar-refractivity contribution in [3.05, 3.63) is 160 Å². The second kappa shape index (κ2) is 19.9. The summed E-state index contributed by atoms with van der Waals surface area (Å²) in [4.78, 5) is 58.0. The lowest BCUT2D eigenvalue weighted by Crippen LogP contribution is -2.46. The third-order valence-electron chi connectivity index (χ3n) is 12.2. The maximum absolute atomic E-state index is 13.6. The quantitative estimate of drug-likeness (QED) is 0.0695. The molecule has 0 bridgehead atoms. The van der Waals surface area contributed by atoms with Gasteiger partial charge >= 0.3 is 0 Å². The van der Waals surface area contributed by atoms with Gasteiger partial charge in [0.25, 0.3) is 5.91 Å². The van der Waals surface area contributed by atoms with Crippen molar-refractivity contribution < 1.29 is 14.4 Å². The van der Waals surface area contributed by atoms with E-state index in [1.807, 2.05) is 90.1 Å². The molecule has 2 fully saturated rings. The average Bonchev–Trinajstić information content (AvgIpc) is 3.34. The molecule has 0 radical (unpaired) electrons. The first-order valence-electron chi connectivity index (χ1n) is 22.1. The fraction of sp³-hybridized carbons (Fsp3) is 0.259. The number of fused-ring (bicyclic) bond motifs is 2. The minimum Gasteiger partial charge on any atom is -0.332 e. The molecule has 5 heterocycles. The first-order chi connectivity index (χ1) is 31.4. The second-order valence-corrected chi connectivity index (χ2v) is 16.6. The number of unbranched alkanes of at least 4 members (excludes halogenated alkanes) is 1. The third kappa shape index (κ3) is 10.5. The van der Waals surface area contributed by atoms with Crippen molar-refractivity contribution >= 4 is 40.8 Å². The molecule has 3 amide bonds. The first kappa shape index (κ1) is 42.1. The number of hydrogen-bond acceptors (Lipinski definition) is 8. The number of carbonyl (C=O) groups excluding carboxylic acids is 3. The number of amides is 3. The SMILES string of the molecule is O=C1CCC(c2ccc(C#CCCCN3CCN(CC#Cc4ccc(/C=C/c5ccc(C(=O)N6CCc7cnc(-c8cnc9ccccc9c8)nc7C6)cc5)cc4)CC3)cc2)C(=O)N1. The number of rotatable bonds is 9. The van der Waals surface area contributed by atoms with Crippen molar-refractivity contribution in [2.75, 3.05) is 45.8 Å². The van der Waals surface area contributed by atoms with Crippen LogP contribution in [0.2, 0.25) is 0 Å². The van der Waals surface area contributed by atoms with E-state index in [1.54, 1.807) is 0 Å². The summed E-state index contributed by atoms with van der Waals surface area (Å²) in [6.45, 7) is 6.95. The summed E-state index contributed by atoms with van der Waals surface area (Å²) >= 11 is 0.